The van der Waals surface area contributed by atoms with Gasteiger partial charge in [0.15, 0.2) is 0 Å². The van der Waals surface area contributed by atoms with Crippen LogP contribution < -0.4 is 0 Å². The van der Waals surface area contributed by atoms with Gasteiger partial charge in [0.05, 0.1) is 5.92 Å². The summed E-state index contributed by atoms with van der Waals surface area (Å²) in [6, 6.07) is 0. The van der Waals surface area contributed by atoms with Crippen molar-refractivity contribution in [3.63, 3.8) is 0 Å². The molecule has 7 unspecified atom stereocenters. The number of alkyl halides is 1. The fraction of sp³-hybridized carbons (Fsp3) is 0.842. The number of carbonyl (C=O) groups is 1. The molecule has 2 nitrogen and oxygen atoms in total. The van der Waals surface area contributed by atoms with Crippen molar-refractivity contribution in [1.29, 1.82) is 0 Å². The Balaban J connectivity index is 1.55. The summed E-state index contributed by atoms with van der Waals surface area (Å²) >= 11 is 0. The Hall–Kier alpha value is -0.860. The Kier molecular flexibility index (Phi) is 4.89. The predicted octanol–water partition coefficient (Wildman–Crippen LogP) is 4.84. The van der Waals surface area contributed by atoms with Gasteiger partial charge in [0.2, 0.25) is 0 Å². The van der Waals surface area contributed by atoms with Crippen LogP contribution in [0.2, 0.25) is 0 Å². The van der Waals surface area contributed by atoms with Crippen LogP contribution in [0.4, 0.5) is 4.39 Å². The summed E-state index contributed by atoms with van der Waals surface area (Å²) in [6.07, 6.45) is 10.6. The Bertz CT molecular complexity index is 422. The van der Waals surface area contributed by atoms with E-state index in [9.17, 15) is 9.18 Å². The van der Waals surface area contributed by atoms with E-state index >= 15 is 0 Å². The number of aliphatic carboxylic acids is 1. The lowest BCUT2D eigenvalue weighted by Crippen LogP contribution is -2.38. The molecule has 0 aromatic heterocycles. The zero-order valence-corrected chi connectivity index (χ0v) is 13.4. The number of hydrogen-bond donors (Lipinski definition) is 1. The molecule has 0 spiro atoms. The minimum atomic E-state index is -1.13. The van der Waals surface area contributed by atoms with Crippen LogP contribution in [0.5, 0.6) is 0 Å². The quantitative estimate of drug-likeness (QED) is 0.757. The van der Waals surface area contributed by atoms with Crippen LogP contribution in [-0.4, -0.2) is 17.2 Å². The number of rotatable bonds is 3. The maximum Gasteiger partial charge on any atom is 0.309 e. The van der Waals surface area contributed by atoms with E-state index in [0.29, 0.717) is 30.6 Å². The van der Waals surface area contributed by atoms with Crippen molar-refractivity contribution in [2.75, 3.05) is 0 Å². The van der Waals surface area contributed by atoms with Crippen LogP contribution in [0, 0.1) is 35.5 Å². The summed E-state index contributed by atoms with van der Waals surface area (Å²) in [6.45, 7) is 3.95. The van der Waals surface area contributed by atoms with Gasteiger partial charge in [0.25, 0.3) is 0 Å². The number of hydrogen-bond acceptors (Lipinski definition) is 1. The topological polar surface area (TPSA) is 37.3 Å². The van der Waals surface area contributed by atoms with Crippen LogP contribution in [0.15, 0.2) is 12.7 Å². The molecule has 0 saturated heterocycles. The molecule has 3 rings (SSSR count). The predicted molar refractivity (Wildman–Crippen MR) is 85.2 cm³/mol. The molecule has 0 amide bonds. The lowest BCUT2D eigenvalue weighted by molar-refractivity contribution is -0.146. The first-order valence-electron chi connectivity index (χ1n) is 9.08. The molecule has 0 radical (unpaired) electrons. The van der Waals surface area contributed by atoms with Crippen molar-refractivity contribution in [1.82, 2.24) is 0 Å². The van der Waals surface area contributed by atoms with Gasteiger partial charge in [-0.15, -0.1) is 6.58 Å². The molecule has 3 aliphatic carbocycles. The highest BCUT2D eigenvalue weighted by Gasteiger charge is 2.41. The molecule has 1 N–H and O–H groups in total. The molecular weight excluding hydrogens is 279 g/mol. The highest BCUT2D eigenvalue weighted by Crippen LogP contribution is 2.49. The second kappa shape index (κ2) is 6.72. The maximum absolute atomic E-state index is 14.1. The molecule has 3 fully saturated rings. The van der Waals surface area contributed by atoms with Gasteiger partial charge in [-0.2, -0.15) is 0 Å². The van der Waals surface area contributed by atoms with E-state index < -0.39 is 18.1 Å². The molecule has 7 atom stereocenters. The molecule has 3 saturated carbocycles. The molecule has 124 valence electrons. The summed E-state index contributed by atoms with van der Waals surface area (Å²) in [5.74, 6) is 1.74. The van der Waals surface area contributed by atoms with Crippen molar-refractivity contribution in [2.45, 2.75) is 64.0 Å². The molecule has 3 aliphatic rings. The highest BCUT2D eigenvalue weighted by atomic mass is 19.1. The zero-order valence-electron chi connectivity index (χ0n) is 13.4. The standard InChI is InChI=1S/C19H29FO2/c1-2-12-3-4-14-10-15(6-5-13(14)9-12)16-7-8-17(19(21)22)18(20)11-16/h2,12-18H,1,3-11H2,(H,21,22). The second-order valence-corrected chi connectivity index (χ2v) is 7.94. The van der Waals surface area contributed by atoms with Gasteiger partial charge in [0, 0.05) is 0 Å². The van der Waals surface area contributed by atoms with Gasteiger partial charge in [0.1, 0.15) is 6.17 Å². The molecule has 0 heterocycles. The van der Waals surface area contributed by atoms with Crippen molar-refractivity contribution < 1.29 is 14.3 Å². The molecule has 0 bridgehead atoms. The first-order chi connectivity index (χ1) is 10.6. The number of carboxylic acid groups (broad SMARTS) is 1. The summed E-state index contributed by atoms with van der Waals surface area (Å²) in [5.41, 5.74) is 0. The molecule has 3 heteroatoms. The largest absolute Gasteiger partial charge is 0.481 e. The third-order valence-electron chi connectivity index (χ3n) is 6.82. The third-order valence-corrected chi connectivity index (χ3v) is 6.82. The van der Waals surface area contributed by atoms with Gasteiger partial charge in [-0.3, -0.25) is 4.79 Å². The highest BCUT2D eigenvalue weighted by molar-refractivity contribution is 5.70. The van der Waals surface area contributed by atoms with E-state index in [4.69, 9.17) is 5.11 Å². The van der Waals surface area contributed by atoms with Crippen molar-refractivity contribution in [3.05, 3.63) is 12.7 Å². The van der Waals surface area contributed by atoms with E-state index in [0.717, 1.165) is 18.3 Å². The minimum absolute atomic E-state index is 0.420. The van der Waals surface area contributed by atoms with Gasteiger partial charge in [-0.05, 0) is 87.4 Å². The lowest BCUT2D eigenvalue weighted by atomic mass is 9.61. The third kappa shape index (κ3) is 3.23. The van der Waals surface area contributed by atoms with Crippen LogP contribution in [-0.2, 0) is 4.79 Å². The molecular formula is C19H29FO2. The summed E-state index contributed by atoms with van der Waals surface area (Å²) in [4.78, 5) is 11.0. The van der Waals surface area contributed by atoms with Gasteiger partial charge in [-0.25, -0.2) is 4.39 Å². The molecule has 22 heavy (non-hydrogen) atoms. The first kappa shape index (κ1) is 16.0. The monoisotopic (exact) mass is 308 g/mol. The van der Waals surface area contributed by atoms with E-state index in [-0.39, 0.29) is 0 Å². The van der Waals surface area contributed by atoms with Crippen molar-refractivity contribution in [2.24, 2.45) is 35.5 Å². The van der Waals surface area contributed by atoms with E-state index in [1.807, 2.05) is 0 Å². The number of carboxylic acids is 1. The molecule has 0 aromatic rings. The maximum atomic E-state index is 14.1. The van der Waals surface area contributed by atoms with Crippen molar-refractivity contribution >= 4 is 5.97 Å². The number of halogens is 1. The van der Waals surface area contributed by atoms with Gasteiger partial charge in [-0.1, -0.05) is 6.08 Å². The fourth-order valence-electron chi connectivity index (χ4n) is 5.46. The lowest BCUT2D eigenvalue weighted by Gasteiger charge is -2.45. The van der Waals surface area contributed by atoms with Crippen LogP contribution in [0.1, 0.15) is 57.8 Å². The smallest absolute Gasteiger partial charge is 0.309 e. The van der Waals surface area contributed by atoms with Gasteiger partial charge < -0.3 is 5.11 Å². The Morgan fingerprint density at radius 3 is 2.05 bits per heavy atom. The van der Waals surface area contributed by atoms with Crippen LogP contribution in [0.25, 0.3) is 0 Å². The van der Waals surface area contributed by atoms with E-state index in [1.165, 1.54) is 38.5 Å². The Labute approximate surface area is 133 Å². The SMILES string of the molecule is C=CC1CCC2CC(C3CCC(C(=O)O)C(F)C3)CCC2C1. The summed E-state index contributed by atoms with van der Waals surface area (Å²) in [5, 5.41) is 9.06. The second-order valence-electron chi connectivity index (χ2n) is 7.94. The number of allylic oxidation sites excluding steroid dienone is 1. The zero-order chi connectivity index (χ0) is 15.7. The first-order valence-corrected chi connectivity index (χ1v) is 9.08. The fourth-order valence-corrected chi connectivity index (χ4v) is 5.46. The molecule has 0 aliphatic heterocycles. The summed E-state index contributed by atoms with van der Waals surface area (Å²) < 4.78 is 14.1. The van der Waals surface area contributed by atoms with Crippen LogP contribution in [0.3, 0.4) is 0 Å². The number of fused-ring (bicyclic) bond motifs is 1. The Morgan fingerprint density at radius 2 is 1.45 bits per heavy atom. The van der Waals surface area contributed by atoms with Crippen LogP contribution >= 0.6 is 0 Å². The van der Waals surface area contributed by atoms with E-state index in [1.54, 1.807) is 0 Å². The van der Waals surface area contributed by atoms with E-state index in [2.05, 4.69) is 12.7 Å². The average Bonchev–Trinajstić information content (AvgIpc) is 2.53. The Morgan fingerprint density at radius 1 is 0.909 bits per heavy atom. The average molecular weight is 308 g/mol. The van der Waals surface area contributed by atoms with Crippen molar-refractivity contribution in [3.8, 4) is 0 Å². The minimum Gasteiger partial charge on any atom is -0.481 e. The van der Waals surface area contributed by atoms with Gasteiger partial charge >= 0.3 is 5.97 Å². The normalized spacial score (nSPS) is 45.8. The molecule has 0 aromatic carbocycles. The summed E-state index contributed by atoms with van der Waals surface area (Å²) in [7, 11) is 0.